The van der Waals surface area contributed by atoms with Gasteiger partial charge in [0.1, 0.15) is 5.60 Å². The molecule has 1 unspecified atom stereocenters. The van der Waals surface area contributed by atoms with E-state index < -0.39 is 0 Å². The lowest BCUT2D eigenvalue weighted by Crippen LogP contribution is -2.68. The Morgan fingerprint density at radius 3 is 2.87 bits per heavy atom. The molecule has 6 heteroatoms. The number of carbonyl (C=O) groups excluding carboxylic acids is 1. The maximum absolute atomic E-state index is 12.0. The largest absolute Gasteiger partial charge is 0.373 e. The van der Waals surface area contributed by atoms with Crippen LogP contribution in [-0.4, -0.2) is 72.7 Å². The summed E-state index contributed by atoms with van der Waals surface area (Å²) in [6.45, 7) is 3.14. The van der Waals surface area contributed by atoms with E-state index >= 15 is 0 Å². The van der Waals surface area contributed by atoms with Crippen molar-refractivity contribution < 1.29 is 14.3 Å². The number of rotatable bonds is 5. The molecule has 2 aliphatic rings. The molecule has 1 aromatic heterocycles. The third-order valence-electron chi connectivity index (χ3n) is 4.45. The molecule has 0 bridgehead atoms. The van der Waals surface area contributed by atoms with Crippen molar-refractivity contribution in [3.8, 4) is 0 Å². The molecule has 1 amide bonds. The van der Waals surface area contributed by atoms with E-state index in [0.29, 0.717) is 32.8 Å². The highest BCUT2D eigenvalue weighted by Crippen LogP contribution is 2.35. The average Bonchev–Trinajstić information content (AvgIpc) is 2.51. The fourth-order valence-corrected chi connectivity index (χ4v) is 3.23. The van der Waals surface area contributed by atoms with Crippen molar-refractivity contribution in [3.05, 3.63) is 30.1 Å². The van der Waals surface area contributed by atoms with Gasteiger partial charge in [-0.2, -0.15) is 0 Å². The average molecular weight is 319 g/mol. The summed E-state index contributed by atoms with van der Waals surface area (Å²) in [5, 5.41) is 0. The van der Waals surface area contributed by atoms with E-state index in [1.165, 1.54) is 0 Å². The Morgan fingerprint density at radius 1 is 1.43 bits per heavy atom. The van der Waals surface area contributed by atoms with E-state index in [1.54, 1.807) is 12.4 Å². The number of amides is 1. The molecule has 0 radical (unpaired) electrons. The molecule has 126 valence electrons. The number of pyridine rings is 1. The minimum atomic E-state index is -0.191. The van der Waals surface area contributed by atoms with E-state index in [9.17, 15) is 4.79 Å². The maximum atomic E-state index is 12.0. The van der Waals surface area contributed by atoms with Crippen LogP contribution in [0.3, 0.4) is 0 Å². The van der Waals surface area contributed by atoms with Gasteiger partial charge in [-0.15, -0.1) is 0 Å². The van der Waals surface area contributed by atoms with Crippen molar-refractivity contribution in [2.75, 3.05) is 40.3 Å². The summed E-state index contributed by atoms with van der Waals surface area (Å²) in [5.41, 5.74) is 0.945. The van der Waals surface area contributed by atoms with Gasteiger partial charge in [-0.25, -0.2) is 0 Å². The van der Waals surface area contributed by atoms with Crippen molar-refractivity contribution in [1.82, 2.24) is 14.8 Å². The second-order valence-corrected chi connectivity index (χ2v) is 6.80. The Labute approximate surface area is 137 Å². The van der Waals surface area contributed by atoms with Gasteiger partial charge < -0.3 is 19.3 Å². The van der Waals surface area contributed by atoms with E-state index in [-0.39, 0.29) is 17.6 Å². The first-order chi connectivity index (χ1) is 11.1. The van der Waals surface area contributed by atoms with Gasteiger partial charge >= 0.3 is 0 Å². The molecule has 0 aromatic carbocycles. The monoisotopic (exact) mass is 319 g/mol. The van der Waals surface area contributed by atoms with Crippen LogP contribution in [0, 0.1) is 0 Å². The zero-order chi connectivity index (χ0) is 16.3. The van der Waals surface area contributed by atoms with Gasteiger partial charge in [0.15, 0.2) is 0 Å². The minimum absolute atomic E-state index is 0.170. The molecule has 3 rings (SSSR count). The standard InChI is InChI=1S/C17H25N3O3/c1-19(2)10-16(21)20-12-17(13-20)9-15(5-8-23-17)22-11-14-3-6-18-7-4-14/h3-4,6-7,15H,5,8-13H2,1-2H3. The molecular weight excluding hydrogens is 294 g/mol. The van der Waals surface area contributed by atoms with Crippen molar-refractivity contribution in [2.45, 2.75) is 31.2 Å². The lowest BCUT2D eigenvalue weighted by Gasteiger charge is -2.53. The van der Waals surface area contributed by atoms with Crippen LogP contribution in [0.4, 0.5) is 0 Å². The highest BCUT2D eigenvalue weighted by atomic mass is 16.5. The van der Waals surface area contributed by atoms with Crippen LogP contribution in [0.5, 0.6) is 0 Å². The van der Waals surface area contributed by atoms with Crippen molar-refractivity contribution in [3.63, 3.8) is 0 Å². The number of likely N-dealkylation sites (N-methyl/N-ethyl adjacent to an activating group) is 1. The lowest BCUT2D eigenvalue weighted by molar-refractivity contribution is -0.202. The predicted octanol–water partition coefficient (Wildman–Crippen LogP) is 0.920. The second-order valence-electron chi connectivity index (χ2n) is 6.80. The van der Waals surface area contributed by atoms with Gasteiger partial charge in [-0.05, 0) is 38.2 Å². The van der Waals surface area contributed by atoms with Crippen molar-refractivity contribution in [2.24, 2.45) is 0 Å². The minimum Gasteiger partial charge on any atom is -0.373 e. The number of likely N-dealkylation sites (tertiary alicyclic amines) is 1. The molecule has 2 saturated heterocycles. The summed E-state index contributed by atoms with van der Waals surface area (Å²) in [4.78, 5) is 19.8. The Bertz CT molecular complexity index is 529. The van der Waals surface area contributed by atoms with Crippen LogP contribution in [0.2, 0.25) is 0 Å². The fraction of sp³-hybridized carbons (Fsp3) is 0.647. The number of carbonyl (C=O) groups is 1. The molecule has 0 saturated carbocycles. The number of hydrogen-bond donors (Lipinski definition) is 0. The van der Waals surface area contributed by atoms with Gasteiger partial charge in [0.05, 0.1) is 32.3 Å². The van der Waals surface area contributed by atoms with E-state index in [1.807, 2.05) is 36.0 Å². The Morgan fingerprint density at radius 2 is 2.17 bits per heavy atom. The van der Waals surface area contributed by atoms with Gasteiger partial charge in [0.2, 0.25) is 5.91 Å². The SMILES string of the molecule is CN(C)CC(=O)N1CC2(CC(OCc3ccncc3)CCO2)C1. The van der Waals surface area contributed by atoms with E-state index in [0.717, 1.165) is 18.4 Å². The zero-order valence-electron chi connectivity index (χ0n) is 13.9. The first-order valence-corrected chi connectivity index (χ1v) is 8.13. The van der Waals surface area contributed by atoms with E-state index in [2.05, 4.69) is 4.98 Å². The molecule has 3 heterocycles. The number of hydrogen-bond acceptors (Lipinski definition) is 5. The summed E-state index contributed by atoms with van der Waals surface area (Å²) in [7, 11) is 3.82. The summed E-state index contributed by atoms with van der Waals surface area (Å²) < 4.78 is 12.0. The first-order valence-electron chi connectivity index (χ1n) is 8.13. The summed E-state index contributed by atoms with van der Waals surface area (Å²) in [5.74, 6) is 0.170. The predicted molar refractivity (Wildman–Crippen MR) is 85.9 cm³/mol. The summed E-state index contributed by atoms with van der Waals surface area (Å²) >= 11 is 0. The molecule has 1 atom stereocenters. The molecule has 1 aromatic rings. The van der Waals surface area contributed by atoms with Gasteiger partial charge in [0, 0.05) is 25.4 Å². The van der Waals surface area contributed by atoms with Crippen LogP contribution in [-0.2, 0) is 20.9 Å². The Hall–Kier alpha value is -1.50. The second kappa shape index (κ2) is 6.95. The normalized spacial score (nSPS) is 23.1. The first kappa shape index (κ1) is 16.4. The molecule has 0 N–H and O–H groups in total. The molecule has 2 aliphatic heterocycles. The molecular formula is C17H25N3O3. The summed E-state index contributed by atoms with van der Waals surface area (Å²) in [6, 6.07) is 3.94. The van der Waals surface area contributed by atoms with E-state index in [4.69, 9.17) is 9.47 Å². The fourth-order valence-electron chi connectivity index (χ4n) is 3.23. The zero-order valence-corrected chi connectivity index (χ0v) is 13.9. The summed E-state index contributed by atoms with van der Waals surface area (Å²) in [6.07, 6.45) is 5.54. The molecule has 0 aliphatic carbocycles. The number of nitrogens with zero attached hydrogens (tertiary/aromatic N) is 3. The maximum Gasteiger partial charge on any atom is 0.236 e. The van der Waals surface area contributed by atoms with Crippen LogP contribution in [0.15, 0.2) is 24.5 Å². The third kappa shape index (κ3) is 4.07. The topological polar surface area (TPSA) is 54.9 Å². The smallest absolute Gasteiger partial charge is 0.236 e. The van der Waals surface area contributed by atoms with Crippen LogP contribution in [0.1, 0.15) is 18.4 Å². The quantitative estimate of drug-likeness (QED) is 0.808. The molecule has 6 nitrogen and oxygen atoms in total. The Balaban J connectivity index is 1.47. The molecule has 23 heavy (non-hydrogen) atoms. The highest BCUT2D eigenvalue weighted by molar-refractivity contribution is 5.79. The molecule has 1 spiro atoms. The highest BCUT2D eigenvalue weighted by Gasteiger charge is 2.49. The number of ether oxygens (including phenoxy) is 2. The number of aromatic nitrogens is 1. The Kier molecular flexibility index (Phi) is 4.94. The van der Waals surface area contributed by atoms with Crippen molar-refractivity contribution >= 4 is 5.91 Å². The van der Waals surface area contributed by atoms with Crippen LogP contribution in [0.25, 0.3) is 0 Å². The van der Waals surface area contributed by atoms with Crippen LogP contribution >= 0.6 is 0 Å². The van der Waals surface area contributed by atoms with Crippen molar-refractivity contribution in [1.29, 1.82) is 0 Å². The third-order valence-corrected chi connectivity index (χ3v) is 4.45. The lowest BCUT2D eigenvalue weighted by atomic mass is 9.84. The molecule has 2 fully saturated rings. The van der Waals surface area contributed by atoms with Gasteiger partial charge in [-0.3, -0.25) is 9.78 Å². The van der Waals surface area contributed by atoms with Gasteiger partial charge in [0.25, 0.3) is 0 Å². The van der Waals surface area contributed by atoms with Crippen LogP contribution < -0.4 is 0 Å². The van der Waals surface area contributed by atoms with Gasteiger partial charge in [-0.1, -0.05) is 0 Å².